The van der Waals surface area contributed by atoms with Crippen molar-refractivity contribution in [3.8, 4) is 0 Å². The van der Waals surface area contributed by atoms with Gasteiger partial charge in [0.1, 0.15) is 0 Å². The normalized spacial score (nSPS) is 10.9. The van der Waals surface area contributed by atoms with Crippen molar-refractivity contribution in [2.75, 3.05) is 26.7 Å². The molecule has 0 amide bonds. The Morgan fingerprint density at radius 3 is 2.73 bits per heavy atom. The Labute approximate surface area is 71.0 Å². The molecule has 0 atom stereocenters. The minimum absolute atomic E-state index is 0.487. The fourth-order valence-electron chi connectivity index (χ4n) is 0.791. The van der Waals surface area contributed by atoms with Gasteiger partial charge in [0.15, 0.2) is 0 Å². The molecule has 0 aliphatic carbocycles. The third-order valence-corrected chi connectivity index (χ3v) is 3.31. The predicted molar refractivity (Wildman–Crippen MR) is 50.0 cm³/mol. The van der Waals surface area contributed by atoms with Crippen LogP contribution in [0.15, 0.2) is 0 Å². The van der Waals surface area contributed by atoms with Crippen LogP contribution in [0.25, 0.3) is 0 Å². The van der Waals surface area contributed by atoms with Crippen LogP contribution in [0, 0.1) is 0 Å². The molecule has 0 aromatic rings. The van der Waals surface area contributed by atoms with E-state index >= 15 is 0 Å². The monoisotopic (exact) mass is 175 g/mol. The first-order valence-electron chi connectivity index (χ1n) is 4.08. The summed E-state index contributed by atoms with van der Waals surface area (Å²) in [5.41, 5.74) is 5.32. The first-order chi connectivity index (χ1) is 5.31. The summed E-state index contributed by atoms with van der Waals surface area (Å²) >= 11 is 0. The molecule has 0 spiro atoms. The van der Waals surface area contributed by atoms with E-state index in [0.717, 1.165) is 19.6 Å². The number of nitrogens with one attached hydrogen (secondary N) is 1. The largest absolute Gasteiger partial charge is 0.420 e. The second-order valence-electron chi connectivity index (χ2n) is 2.55. The molecule has 0 fully saturated rings. The topological polar surface area (TPSA) is 47.3 Å². The average Bonchev–Trinajstić information content (AvgIpc) is 2.04. The van der Waals surface area contributed by atoms with Gasteiger partial charge in [-0.3, -0.25) is 0 Å². The molecule has 0 saturated carbocycles. The highest BCUT2D eigenvalue weighted by molar-refractivity contribution is 6.50. The molecule has 0 rings (SSSR count). The van der Waals surface area contributed by atoms with Crippen LogP contribution < -0.4 is 11.1 Å². The molecule has 0 bridgehead atoms. The van der Waals surface area contributed by atoms with Crippen LogP contribution in [0.3, 0.4) is 0 Å². The summed E-state index contributed by atoms with van der Waals surface area (Å²) in [5.74, 6) is 0. The summed E-state index contributed by atoms with van der Waals surface area (Å²) in [6, 6.07) is 1.22. The SMILES string of the molecule is CO[Si](C)CCCNCCN. The van der Waals surface area contributed by atoms with Gasteiger partial charge in [0.25, 0.3) is 0 Å². The van der Waals surface area contributed by atoms with E-state index in [2.05, 4.69) is 11.9 Å². The molecular weight excluding hydrogens is 156 g/mol. The van der Waals surface area contributed by atoms with E-state index in [1.807, 2.05) is 0 Å². The molecule has 0 aromatic heterocycles. The van der Waals surface area contributed by atoms with E-state index in [1.165, 1.54) is 12.5 Å². The van der Waals surface area contributed by atoms with Crippen LogP contribution in [0.5, 0.6) is 0 Å². The van der Waals surface area contributed by atoms with Gasteiger partial charge in [-0.1, -0.05) is 0 Å². The standard InChI is InChI=1S/C7H19N2OSi/c1-10-11(2)7-3-5-9-6-4-8/h9H,3-8H2,1-2H3. The second kappa shape index (κ2) is 8.20. The molecular formula is C7H19N2OSi. The zero-order chi connectivity index (χ0) is 8.53. The first-order valence-corrected chi connectivity index (χ1v) is 6.20. The van der Waals surface area contributed by atoms with Gasteiger partial charge in [-0.2, -0.15) is 0 Å². The van der Waals surface area contributed by atoms with Gasteiger partial charge in [0, 0.05) is 20.2 Å². The number of hydrogen-bond acceptors (Lipinski definition) is 3. The van der Waals surface area contributed by atoms with Gasteiger partial charge in [-0.25, -0.2) is 0 Å². The van der Waals surface area contributed by atoms with Gasteiger partial charge < -0.3 is 15.5 Å². The van der Waals surface area contributed by atoms with Crippen molar-refractivity contribution >= 4 is 9.04 Å². The molecule has 3 N–H and O–H groups in total. The van der Waals surface area contributed by atoms with E-state index in [0.29, 0.717) is 0 Å². The van der Waals surface area contributed by atoms with Crippen LogP contribution >= 0.6 is 0 Å². The molecule has 1 radical (unpaired) electrons. The van der Waals surface area contributed by atoms with Crippen molar-refractivity contribution < 1.29 is 4.43 Å². The van der Waals surface area contributed by atoms with Gasteiger partial charge in [-0.15, -0.1) is 0 Å². The Morgan fingerprint density at radius 1 is 1.45 bits per heavy atom. The summed E-state index contributed by atoms with van der Waals surface area (Å²) < 4.78 is 5.21. The van der Waals surface area contributed by atoms with Crippen molar-refractivity contribution in [2.45, 2.75) is 19.0 Å². The maximum absolute atomic E-state index is 5.32. The lowest BCUT2D eigenvalue weighted by Crippen LogP contribution is -2.24. The molecule has 4 heteroatoms. The Morgan fingerprint density at radius 2 is 2.18 bits per heavy atom. The third kappa shape index (κ3) is 8.00. The van der Waals surface area contributed by atoms with Crippen LogP contribution in [0.1, 0.15) is 6.42 Å². The molecule has 0 aliphatic rings. The highest BCUT2D eigenvalue weighted by Crippen LogP contribution is 1.95. The zero-order valence-electron chi connectivity index (χ0n) is 7.52. The zero-order valence-corrected chi connectivity index (χ0v) is 8.52. The Hall–Kier alpha value is 0.0969. The first kappa shape index (κ1) is 11.1. The lowest BCUT2D eigenvalue weighted by Gasteiger charge is -2.06. The maximum Gasteiger partial charge on any atom is 0.207 e. The van der Waals surface area contributed by atoms with E-state index in [4.69, 9.17) is 10.2 Å². The van der Waals surface area contributed by atoms with Gasteiger partial charge in [0.2, 0.25) is 9.04 Å². The Kier molecular flexibility index (Phi) is 8.27. The van der Waals surface area contributed by atoms with E-state index in [1.54, 1.807) is 7.11 Å². The van der Waals surface area contributed by atoms with Crippen LogP contribution in [0.4, 0.5) is 0 Å². The molecule has 0 saturated heterocycles. The molecule has 0 aromatic carbocycles. The minimum atomic E-state index is -0.487. The summed E-state index contributed by atoms with van der Waals surface area (Å²) in [6.07, 6.45) is 1.21. The van der Waals surface area contributed by atoms with Crippen molar-refractivity contribution in [3.63, 3.8) is 0 Å². The lowest BCUT2D eigenvalue weighted by molar-refractivity contribution is 0.421. The Balaban J connectivity index is 2.89. The predicted octanol–water partition coefficient (Wildman–Crippen LogP) is 0.193. The highest BCUT2D eigenvalue weighted by Gasteiger charge is 2.01. The fraction of sp³-hybridized carbons (Fsp3) is 1.00. The highest BCUT2D eigenvalue weighted by atomic mass is 28.3. The third-order valence-electron chi connectivity index (χ3n) is 1.55. The van der Waals surface area contributed by atoms with Crippen LogP contribution in [0.2, 0.25) is 12.6 Å². The van der Waals surface area contributed by atoms with Crippen molar-refractivity contribution in [2.24, 2.45) is 5.73 Å². The molecule has 11 heavy (non-hydrogen) atoms. The molecule has 3 nitrogen and oxygen atoms in total. The summed E-state index contributed by atoms with van der Waals surface area (Å²) in [5, 5.41) is 3.25. The van der Waals surface area contributed by atoms with Gasteiger partial charge in [-0.05, 0) is 25.6 Å². The summed E-state index contributed by atoms with van der Waals surface area (Å²) in [4.78, 5) is 0. The van der Waals surface area contributed by atoms with E-state index in [-0.39, 0.29) is 0 Å². The smallest absolute Gasteiger partial charge is 0.207 e. The van der Waals surface area contributed by atoms with Gasteiger partial charge in [0.05, 0.1) is 0 Å². The second-order valence-corrected chi connectivity index (χ2v) is 4.86. The van der Waals surface area contributed by atoms with Crippen molar-refractivity contribution in [1.29, 1.82) is 0 Å². The molecule has 0 heterocycles. The van der Waals surface area contributed by atoms with Gasteiger partial charge >= 0.3 is 0 Å². The lowest BCUT2D eigenvalue weighted by atomic mass is 10.5. The van der Waals surface area contributed by atoms with Crippen LogP contribution in [-0.2, 0) is 4.43 Å². The van der Waals surface area contributed by atoms with Crippen molar-refractivity contribution in [1.82, 2.24) is 5.32 Å². The maximum atomic E-state index is 5.32. The number of nitrogens with two attached hydrogens (primary N) is 1. The van der Waals surface area contributed by atoms with E-state index in [9.17, 15) is 0 Å². The average molecular weight is 175 g/mol. The molecule has 0 aliphatic heterocycles. The van der Waals surface area contributed by atoms with Crippen molar-refractivity contribution in [3.05, 3.63) is 0 Å². The number of rotatable bonds is 7. The minimum Gasteiger partial charge on any atom is -0.420 e. The van der Waals surface area contributed by atoms with Crippen LogP contribution in [-0.4, -0.2) is 35.8 Å². The number of hydrogen-bond donors (Lipinski definition) is 2. The van der Waals surface area contributed by atoms with E-state index < -0.39 is 9.04 Å². The fourth-order valence-corrected chi connectivity index (χ4v) is 1.67. The summed E-state index contributed by atoms with van der Waals surface area (Å²) in [6.45, 7) is 4.92. The summed E-state index contributed by atoms with van der Waals surface area (Å²) in [7, 11) is 1.31. The Bertz CT molecular complexity index is 82.8. The quantitative estimate of drug-likeness (QED) is 0.429. The molecule has 0 unspecified atom stereocenters. The molecule has 67 valence electrons.